The molecule has 2 heterocycles. The summed E-state index contributed by atoms with van der Waals surface area (Å²) in [6.45, 7) is 4.19. The second-order valence-corrected chi connectivity index (χ2v) is 7.43. The fourth-order valence-corrected chi connectivity index (χ4v) is 3.79. The van der Waals surface area contributed by atoms with Crippen LogP contribution < -0.4 is 5.32 Å². The highest BCUT2D eigenvalue weighted by Crippen LogP contribution is 2.28. The van der Waals surface area contributed by atoms with Crippen LogP contribution in [0.25, 0.3) is 11.4 Å². The van der Waals surface area contributed by atoms with E-state index in [0.717, 1.165) is 49.2 Å². The van der Waals surface area contributed by atoms with Crippen LogP contribution in [0.4, 0.5) is 5.69 Å². The number of aryl methyl sites for hydroxylation is 1. The maximum Gasteiger partial charge on any atom is 0.238 e. The minimum atomic E-state index is 0.0357. The molecule has 1 aliphatic heterocycles. The summed E-state index contributed by atoms with van der Waals surface area (Å²) in [5, 5.41) is 7.18. The largest absolute Gasteiger partial charge is 0.339 e. The minimum Gasteiger partial charge on any atom is -0.339 e. The van der Waals surface area contributed by atoms with E-state index < -0.39 is 0 Å². The first kappa shape index (κ1) is 19.3. The average molecular weight is 390 g/mol. The monoisotopic (exact) mass is 390 g/mol. The van der Waals surface area contributed by atoms with Crippen molar-refractivity contribution in [3.63, 3.8) is 0 Å². The molecule has 0 bridgehead atoms. The molecule has 1 aromatic heterocycles. The molecule has 1 saturated heterocycles. The van der Waals surface area contributed by atoms with Gasteiger partial charge in [0.05, 0.1) is 6.54 Å². The van der Waals surface area contributed by atoms with Crippen LogP contribution in [0.3, 0.4) is 0 Å². The SMILES string of the molecule is CCc1ccccc1NC(=O)CN1CCC(c2nc(-c3ccccc3)no2)CC1. The van der Waals surface area contributed by atoms with Crippen molar-refractivity contribution in [1.82, 2.24) is 15.0 Å². The Hall–Kier alpha value is -2.99. The number of carbonyl (C=O) groups is 1. The standard InChI is InChI=1S/C23H26N4O2/c1-2-17-8-6-7-11-20(17)24-21(28)16-27-14-12-19(13-15-27)23-25-22(26-29-23)18-9-4-3-5-10-18/h3-11,19H,2,12-16H2,1H3,(H,24,28). The first-order chi connectivity index (χ1) is 14.2. The number of carbonyl (C=O) groups excluding carboxylic acids is 1. The van der Waals surface area contributed by atoms with E-state index in [9.17, 15) is 4.79 Å². The molecule has 29 heavy (non-hydrogen) atoms. The van der Waals surface area contributed by atoms with Gasteiger partial charge in [-0.25, -0.2) is 0 Å². The van der Waals surface area contributed by atoms with E-state index in [2.05, 4.69) is 33.3 Å². The molecule has 0 atom stereocenters. The first-order valence-corrected chi connectivity index (χ1v) is 10.2. The van der Waals surface area contributed by atoms with Crippen LogP contribution >= 0.6 is 0 Å². The van der Waals surface area contributed by atoms with Gasteiger partial charge in [-0.05, 0) is 44.0 Å². The predicted molar refractivity (Wildman–Crippen MR) is 113 cm³/mol. The molecule has 0 spiro atoms. The number of para-hydroxylation sites is 1. The van der Waals surface area contributed by atoms with Crippen molar-refractivity contribution in [2.75, 3.05) is 25.0 Å². The number of benzene rings is 2. The Morgan fingerprint density at radius 1 is 1.10 bits per heavy atom. The summed E-state index contributed by atoms with van der Waals surface area (Å²) >= 11 is 0. The van der Waals surface area contributed by atoms with Crippen LogP contribution in [-0.2, 0) is 11.2 Å². The quantitative estimate of drug-likeness (QED) is 0.686. The van der Waals surface area contributed by atoms with Crippen molar-refractivity contribution in [1.29, 1.82) is 0 Å². The van der Waals surface area contributed by atoms with Crippen molar-refractivity contribution in [3.05, 3.63) is 66.1 Å². The van der Waals surface area contributed by atoms with Gasteiger partial charge in [0.15, 0.2) is 0 Å². The number of piperidine rings is 1. The smallest absolute Gasteiger partial charge is 0.238 e. The summed E-state index contributed by atoms with van der Waals surface area (Å²) in [4.78, 5) is 19.2. The lowest BCUT2D eigenvalue weighted by Gasteiger charge is -2.29. The number of nitrogens with zero attached hydrogens (tertiary/aromatic N) is 3. The van der Waals surface area contributed by atoms with Crippen LogP contribution in [0.15, 0.2) is 59.1 Å². The number of hydrogen-bond donors (Lipinski definition) is 1. The zero-order valence-corrected chi connectivity index (χ0v) is 16.7. The van der Waals surface area contributed by atoms with Crippen LogP contribution in [0, 0.1) is 0 Å². The molecular formula is C23H26N4O2. The molecule has 1 amide bonds. The summed E-state index contributed by atoms with van der Waals surface area (Å²) in [5.74, 6) is 1.62. The van der Waals surface area contributed by atoms with Crippen molar-refractivity contribution in [3.8, 4) is 11.4 Å². The Morgan fingerprint density at radius 2 is 1.83 bits per heavy atom. The molecule has 0 unspecified atom stereocenters. The molecular weight excluding hydrogens is 364 g/mol. The van der Waals surface area contributed by atoms with E-state index in [-0.39, 0.29) is 11.8 Å². The van der Waals surface area contributed by atoms with Crippen molar-refractivity contribution < 1.29 is 9.32 Å². The highest BCUT2D eigenvalue weighted by Gasteiger charge is 2.26. The number of likely N-dealkylation sites (tertiary alicyclic amines) is 1. The van der Waals surface area contributed by atoms with Gasteiger partial charge in [0, 0.05) is 17.2 Å². The van der Waals surface area contributed by atoms with Gasteiger partial charge in [0.2, 0.25) is 17.6 Å². The Bertz CT molecular complexity index is 946. The average Bonchev–Trinajstić information content (AvgIpc) is 3.25. The Kier molecular flexibility index (Phi) is 6.00. The van der Waals surface area contributed by atoms with Crippen LogP contribution in [0.1, 0.15) is 37.1 Å². The number of anilines is 1. The van der Waals surface area contributed by atoms with E-state index in [1.807, 2.05) is 48.5 Å². The zero-order valence-electron chi connectivity index (χ0n) is 16.7. The second kappa shape index (κ2) is 9.01. The summed E-state index contributed by atoms with van der Waals surface area (Å²) in [6.07, 6.45) is 2.72. The molecule has 1 aliphatic rings. The molecule has 6 nitrogen and oxygen atoms in total. The number of amides is 1. The van der Waals surface area contributed by atoms with E-state index in [0.29, 0.717) is 18.3 Å². The van der Waals surface area contributed by atoms with Gasteiger partial charge in [-0.15, -0.1) is 0 Å². The molecule has 0 aliphatic carbocycles. The van der Waals surface area contributed by atoms with Gasteiger partial charge in [-0.3, -0.25) is 9.69 Å². The van der Waals surface area contributed by atoms with Gasteiger partial charge >= 0.3 is 0 Å². The Morgan fingerprint density at radius 3 is 2.59 bits per heavy atom. The number of nitrogens with one attached hydrogen (secondary N) is 1. The molecule has 6 heteroatoms. The molecule has 0 saturated carbocycles. The van der Waals surface area contributed by atoms with Gasteiger partial charge in [-0.1, -0.05) is 60.6 Å². The first-order valence-electron chi connectivity index (χ1n) is 10.2. The normalized spacial score (nSPS) is 15.3. The molecule has 4 rings (SSSR count). The van der Waals surface area contributed by atoms with Crippen LogP contribution in [0.2, 0.25) is 0 Å². The summed E-state index contributed by atoms with van der Waals surface area (Å²) in [7, 11) is 0. The molecule has 2 aromatic carbocycles. The lowest BCUT2D eigenvalue weighted by Crippen LogP contribution is -2.38. The Balaban J connectivity index is 1.29. The number of aromatic nitrogens is 2. The van der Waals surface area contributed by atoms with Crippen molar-refractivity contribution >= 4 is 11.6 Å². The molecule has 1 fully saturated rings. The van der Waals surface area contributed by atoms with E-state index in [1.54, 1.807) is 0 Å². The maximum atomic E-state index is 12.5. The highest BCUT2D eigenvalue weighted by atomic mass is 16.5. The highest BCUT2D eigenvalue weighted by molar-refractivity contribution is 5.93. The second-order valence-electron chi connectivity index (χ2n) is 7.43. The summed E-state index contributed by atoms with van der Waals surface area (Å²) < 4.78 is 5.52. The lowest BCUT2D eigenvalue weighted by atomic mass is 9.97. The van der Waals surface area contributed by atoms with Crippen LogP contribution in [-0.4, -0.2) is 40.6 Å². The maximum absolute atomic E-state index is 12.5. The molecule has 150 valence electrons. The minimum absolute atomic E-state index is 0.0357. The third kappa shape index (κ3) is 4.71. The van der Waals surface area contributed by atoms with E-state index in [1.165, 1.54) is 0 Å². The lowest BCUT2D eigenvalue weighted by molar-refractivity contribution is -0.117. The molecule has 0 radical (unpaired) electrons. The van der Waals surface area contributed by atoms with E-state index >= 15 is 0 Å². The van der Waals surface area contributed by atoms with E-state index in [4.69, 9.17) is 4.52 Å². The topological polar surface area (TPSA) is 71.3 Å². The van der Waals surface area contributed by atoms with Crippen LogP contribution in [0.5, 0.6) is 0 Å². The fraction of sp³-hybridized carbons (Fsp3) is 0.348. The molecule has 1 N–H and O–H groups in total. The molecule has 3 aromatic rings. The zero-order chi connectivity index (χ0) is 20.1. The Labute approximate surface area is 170 Å². The van der Waals surface area contributed by atoms with Crippen molar-refractivity contribution in [2.24, 2.45) is 0 Å². The number of hydrogen-bond acceptors (Lipinski definition) is 5. The van der Waals surface area contributed by atoms with Crippen molar-refractivity contribution in [2.45, 2.75) is 32.1 Å². The van der Waals surface area contributed by atoms with Gasteiger partial charge < -0.3 is 9.84 Å². The predicted octanol–water partition coefficient (Wildman–Crippen LogP) is 4.12. The third-order valence-corrected chi connectivity index (χ3v) is 5.45. The third-order valence-electron chi connectivity index (χ3n) is 5.45. The van der Waals surface area contributed by atoms with Gasteiger partial charge in [0.1, 0.15) is 0 Å². The fourth-order valence-electron chi connectivity index (χ4n) is 3.79. The summed E-state index contributed by atoms with van der Waals surface area (Å²) in [5.41, 5.74) is 3.03. The van der Waals surface area contributed by atoms with Gasteiger partial charge in [-0.2, -0.15) is 4.98 Å². The summed E-state index contributed by atoms with van der Waals surface area (Å²) in [6, 6.07) is 17.8. The number of rotatable bonds is 6. The van der Waals surface area contributed by atoms with Gasteiger partial charge in [0.25, 0.3) is 0 Å².